The smallest absolute Gasteiger partial charge is 0.235 e. The van der Waals surface area contributed by atoms with Gasteiger partial charge in [0.05, 0.1) is 33.3 Å². The first-order chi connectivity index (χ1) is 30.1. The second-order valence-electron chi connectivity index (χ2n) is 18.1. The van der Waals surface area contributed by atoms with Crippen molar-refractivity contribution in [3.05, 3.63) is 181 Å². The molecule has 3 heterocycles. The van der Waals surface area contributed by atoms with Gasteiger partial charge in [0.25, 0.3) is 0 Å². The average Bonchev–Trinajstić information content (AvgIpc) is 3.96. The zero-order valence-corrected chi connectivity index (χ0v) is 34.2. The molecule has 2 aliphatic rings. The molecule has 8 aromatic carbocycles. The summed E-state index contributed by atoms with van der Waals surface area (Å²) < 4.78 is 4.70. The summed E-state index contributed by atoms with van der Waals surface area (Å²) in [6, 6.07) is 64.4. The van der Waals surface area contributed by atoms with Gasteiger partial charge in [0.15, 0.2) is 0 Å². The number of fused-ring (bicyclic) bond motifs is 11. The zero-order chi connectivity index (χ0) is 40.2. The number of nitrogens with zero attached hydrogens (tertiary/aromatic N) is 4. The van der Waals surface area contributed by atoms with Crippen molar-refractivity contribution >= 4 is 65.3 Å². The Hall–Kier alpha value is -7.04. The van der Waals surface area contributed by atoms with Gasteiger partial charge in [-0.3, -0.25) is 4.57 Å². The zero-order valence-electron chi connectivity index (χ0n) is 34.2. The molecule has 0 amide bonds. The lowest BCUT2D eigenvalue weighted by molar-refractivity contribution is 0.232. The van der Waals surface area contributed by atoms with Gasteiger partial charge in [0.2, 0.25) is 5.95 Å². The van der Waals surface area contributed by atoms with E-state index in [-0.39, 0.29) is 5.41 Å². The summed E-state index contributed by atoms with van der Waals surface area (Å²) >= 11 is 0. The minimum atomic E-state index is 0.236. The Labute approximate surface area is 354 Å². The summed E-state index contributed by atoms with van der Waals surface area (Å²) in [5.41, 5.74) is 12.9. The maximum atomic E-state index is 5.59. The van der Waals surface area contributed by atoms with Crippen LogP contribution >= 0.6 is 0 Å². The molecule has 292 valence electrons. The third-order valence-corrected chi connectivity index (χ3v) is 14.5. The molecule has 3 aromatic heterocycles. The first-order valence-electron chi connectivity index (χ1n) is 22.0. The molecule has 11 aromatic rings. The van der Waals surface area contributed by atoms with E-state index < -0.39 is 0 Å². The van der Waals surface area contributed by atoms with Gasteiger partial charge in [-0.2, -0.15) is 0 Å². The van der Waals surface area contributed by atoms with Crippen LogP contribution in [0.5, 0.6) is 0 Å². The Kier molecular flexibility index (Phi) is 7.54. The van der Waals surface area contributed by atoms with Crippen molar-refractivity contribution < 1.29 is 0 Å². The van der Waals surface area contributed by atoms with Crippen LogP contribution in [0.1, 0.15) is 44.6 Å². The molecule has 0 spiro atoms. The monoisotopic (exact) mass is 784 g/mol. The number of para-hydroxylation sites is 2. The third kappa shape index (κ3) is 5.38. The molecular weight excluding hydrogens is 741 g/mol. The fourth-order valence-corrected chi connectivity index (χ4v) is 11.7. The van der Waals surface area contributed by atoms with Crippen LogP contribution in [0.25, 0.3) is 99.3 Å². The SMILES string of the molecule is CC1(c2ccc(-c3nc(-n4c5ccccc5c5cc(-n6c7ccccc7c7cc(-c8ccccc8)ccc76)ccc54)nc4ccc5ccccc5c34)cc2)C[C@@H]2CC[C@H](C2)C1. The van der Waals surface area contributed by atoms with Gasteiger partial charge in [-0.1, -0.05) is 147 Å². The van der Waals surface area contributed by atoms with Crippen molar-refractivity contribution in [1.82, 2.24) is 19.1 Å². The lowest BCUT2D eigenvalue weighted by Gasteiger charge is -2.38. The molecule has 13 rings (SSSR count). The van der Waals surface area contributed by atoms with E-state index in [1.165, 1.54) is 92.1 Å². The predicted octanol–water partition coefficient (Wildman–Crippen LogP) is 14.8. The van der Waals surface area contributed by atoms with Gasteiger partial charge in [0.1, 0.15) is 0 Å². The van der Waals surface area contributed by atoms with E-state index in [9.17, 15) is 0 Å². The van der Waals surface area contributed by atoms with E-state index >= 15 is 0 Å². The number of hydrogen-bond acceptors (Lipinski definition) is 2. The van der Waals surface area contributed by atoms with Crippen molar-refractivity contribution in [3.63, 3.8) is 0 Å². The molecule has 0 aliphatic heterocycles. The van der Waals surface area contributed by atoms with E-state index in [1.807, 2.05) is 0 Å². The van der Waals surface area contributed by atoms with Crippen LogP contribution in [-0.2, 0) is 5.41 Å². The maximum absolute atomic E-state index is 5.59. The summed E-state index contributed by atoms with van der Waals surface area (Å²) in [6.45, 7) is 2.51. The highest BCUT2D eigenvalue weighted by molar-refractivity contribution is 6.14. The molecule has 2 fully saturated rings. The van der Waals surface area contributed by atoms with Crippen molar-refractivity contribution in [2.45, 2.75) is 44.4 Å². The first kappa shape index (κ1) is 34.8. The minimum Gasteiger partial charge on any atom is -0.309 e. The van der Waals surface area contributed by atoms with Gasteiger partial charge in [-0.25, -0.2) is 9.97 Å². The van der Waals surface area contributed by atoms with Crippen molar-refractivity contribution in [3.8, 4) is 34.0 Å². The average molecular weight is 785 g/mol. The number of rotatable bonds is 5. The molecule has 0 N–H and O–H groups in total. The Morgan fingerprint density at radius 3 is 1.85 bits per heavy atom. The van der Waals surface area contributed by atoms with E-state index in [0.717, 1.165) is 50.7 Å². The molecule has 0 saturated heterocycles. The van der Waals surface area contributed by atoms with Gasteiger partial charge in [0, 0.05) is 38.2 Å². The number of aromatic nitrogens is 4. The highest BCUT2D eigenvalue weighted by Crippen LogP contribution is 2.52. The molecule has 61 heavy (non-hydrogen) atoms. The van der Waals surface area contributed by atoms with Gasteiger partial charge < -0.3 is 4.57 Å². The van der Waals surface area contributed by atoms with Crippen molar-refractivity contribution in [1.29, 1.82) is 0 Å². The lowest BCUT2D eigenvalue weighted by Crippen LogP contribution is -2.30. The summed E-state index contributed by atoms with van der Waals surface area (Å²) in [6.07, 6.45) is 6.84. The van der Waals surface area contributed by atoms with Crippen LogP contribution in [-0.4, -0.2) is 19.1 Å². The van der Waals surface area contributed by atoms with E-state index in [1.54, 1.807) is 0 Å². The Morgan fingerprint density at radius 2 is 1.08 bits per heavy atom. The molecule has 2 bridgehead atoms. The second kappa shape index (κ2) is 13.2. The van der Waals surface area contributed by atoms with E-state index in [0.29, 0.717) is 5.95 Å². The van der Waals surface area contributed by atoms with Crippen LogP contribution in [0.15, 0.2) is 176 Å². The van der Waals surface area contributed by atoms with E-state index in [4.69, 9.17) is 9.97 Å². The Balaban J connectivity index is 0.997. The topological polar surface area (TPSA) is 35.6 Å². The lowest BCUT2D eigenvalue weighted by atomic mass is 9.66. The van der Waals surface area contributed by atoms with Crippen LogP contribution in [0, 0.1) is 11.8 Å². The van der Waals surface area contributed by atoms with Crippen LogP contribution < -0.4 is 0 Å². The molecular formula is C57H44N4. The molecule has 2 saturated carbocycles. The number of hydrogen-bond donors (Lipinski definition) is 0. The standard InChI is InChI=1S/C57H44N4/c1-57(34-36-19-20-37(31-36)35-57)42-25-21-40(22-26-42)55-54-44-14-6-5-13-39(44)23-28-49(54)58-56(59-55)61-51-18-10-8-16-46(51)48-33-43(27-30-53(48)61)60-50-17-9-7-15-45(50)47-32-41(24-29-52(47)60)38-11-3-2-4-12-38/h2-18,21-30,32-33,36-37H,19-20,31,34-35H2,1H3/t36-,37-/m1/s1. The molecule has 4 heteroatoms. The minimum absolute atomic E-state index is 0.236. The molecule has 0 radical (unpaired) electrons. The molecule has 4 nitrogen and oxygen atoms in total. The van der Waals surface area contributed by atoms with E-state index in [2.05, 4.69) is 192 Å². The summed E-state index contributed by atoms with van der Waals surface area (Å²) in [5.74, 6) is 2.43. The third-order valence-electron chi connectivity index (χ3n) is 14.5. The van der Waals surface area contributed by atoms with Crippen LogP contribution in [0.2, 0.25) is 0 Å². The van der Waals surface area contributed by atoms with Crippen molar-refractivity contribution in [2.75, 3.05) is 0 Å². The summed E-state index contributed by atoms with van der Waals surface area (Å²) in [5, 5.41) is 8.31. The molecule has 0 unspecified atom stereocenters. The molecule has 2 aliphatic carbocycles. The maximum Gasteiger partial charge on any atom is 0.235 e. The summed E-state index contributed by atoms with van der Waals surface area (Å²) in [7, 11) is 0. The van der Waals surface area contributed by atoms with Crippen LogP contribution in [0.4, 0.5) is 0 Å². The highest BCUT2D eigenvalue weighted by Gasteiger charge is 2.41. The number of benzene rings is 8. The second-order valence-corrected chi connectivity index (χ2v) is 18.1. The first-order valence-corrected chi connectivity index (χ1v) is 22.0. The fourth-order valence-electron chi connectivity index (χ4n) is 11.7. The quantitative estimate of drug-likeness (QED) is 0.163. The van der Waals surface area contributed by atoms with Gasteiger partial charge >= 0.3 is 0 Å². The Bertz CT molecular complexity index is 3530. The van der Waals surface area contributed by atoms with Gasteiger partial charge in [-0.05, 0) is 113 Å². The molecule has 2 atom stereocenters. The largest absolute Gasteiger partial charge is 0.309 e. The Morgan fingerprint density at radius 1 is 0.475 bits per heavy atom. The fraction of sp³-hybridized carbons (Fsp3) is 0.158. The van der Waals surface area contributed by atoms with Gasteiger partial charge in [-0.15, -0.1) is 0 Å². The van der Waals surface area contributed by atoms with Crippen molar-refractivity contribution in [2.24, 2.45) is 11.8 Å². The summed E-state index contributed by atoms with van der Waals surface area (Å²) in [4.78, 5) is 11.0. The normalized spacial score (nSPS) is 19.0. The highest BCUT2D eigenvalue weighted by atomic mass is 15.2. The van der Waals surface area contributed by atoms with Crippen LogP contribution in [0.3, 0.4) is 0 Å². The predicted molar refractivity (Wildman–Crippen MR) is 254 cm³/mol.